The highest BCUT2D eigenvalue weighted by molar-refractivity contribution is 5.78. The van der Waals surface area contributed by atoms with Gasteiger partial charge in [-0.2, -0.15) is 0 Å². The molecule has 4 rings (SSSR count). The van der Waals surface area contributed by atoms with Crippen molar-refractivity contribution in [3.8, 4) is 17.2 Å². The average Bonchev–Trinajstić information content (AvgIpc) is 2.94. The molecule has 3 atom stereocenters. The number of benzene rings is 3. The Bertz CT molecular complexity index is 1230. The van der Waals surface area contributed by atoms with Crippen molar-refractivity contribution in [3.63, 3.8) is 0 Å². The second-order valence-electron chi connectivity index (χ2n) is 10.7. The summed E-state index contributed by atoms with van der Waals surface area (Å²) in [6.07, 6.45) is 1.37. The molecule has 7 nitrogen and oxygen atoms in total. The summed E-state index contributed by atoms with van der Waals surface area (Å²) in [5.41, 5.74) is 3.05. The number of aliphatic hydroxyl groups excluding tert-OH is 1. The standard InChI is InChI=1S/C32H40N2O5/c1-5-22-14-15-30-26(16-22)28(19-32(2,3)39-30)33-20-29(35)27(17-23-10-7-6-8-11-23)34-31(36)21-38-25-13-9-12-24(18-25)37-4/h6-16,18,27-29,33,35H,5,17,19-21H2,1-4H3,(H,34,36)/t27-,28-,29+/m0/s1. The molecule has 1 heterocycles. The van der Waals surface area contributed by atoms with Gasteiger partial charge < -0.3 is 30.0 Å². The third-order valence-electron chi connectivity index (χ3n) is 7.03. The number of ether oxygens (including phenoxy) is 3. The highest BCUT2D eigenvalue weighted by atomic mass is 16.5. The van der Waals surface area contributed by atoms with Crippen LogP contribution < -0.4 is 24.8 Å². The molecule has 3 N–H and O–H groups in total. The molecule has 0 bridgehead atoms. The lowest BCUT2D eigenvalue weighted by Crippen LogP contribution is -2.51. The third kappa shape index (κ3) is 7.97. The largest absolute Gasteiger partial charge is 0.497 e. The highest BCUT2D eigenvalue weighted by Crippen LogP contribution is 2.40. The van der Waals surface area contributed by atoms with Crippen molar-refractivity contribution in [2.45, 2.75) is 63.8 Å². The summed E-state index contributed by atoms with van der Waals surface area (Å²) in [6.45, 7) is 6.44. The molecule has 3 aromatic carbocycles. The topological polar surface area (TPSA) is 89.1 Å². The molecular formula is C32H40N2O5. The quantitative estimate of drug-likeness (QED) is 0.316. The van der Waals surface area contributed by atoms with Gasteiger partial charge in [-0.15, -0.1) is 0 Å². The Morgan fingerprint density at radius 3 is 2.56 bits per heavy atom. The normalized spacial score (nSPS) is 17.3. The molecule has 0 spiro atoms. The van der Waals surface area contributed by atoms with Gasteiger partial charge in [0.05, 0.1) is 19.3 Å². The number of rotatable bonds is 12. The van der Waals surface area contributed by atoms with Crippen molar-refractivity contribution in [3.05, 3.63) is 89.5 Å². The lowest BCUT2D eigenvalue weighted by atomic mass is 9.88. The van der Waals surface area contributed by atoms with Crippen molar-refractivity contribution in [2.75, 3.05) is 20.3 Å². The van der Waals surface area contributed by atoms with Gasteiger partial charge >= 0.3 is 0 Å². The summed E-state index contributed by atoms with van der Waals surface area (Å²) < 4.78 is 17.1. The lowest BCUT2D eigenvalue weighted by Gasteiger charge is -2.39. The van der Waals surface area contributed by atoms with Gasteiger partial charge in [-0.3, -0.25) is 4.79 Å². The first-order chi connectivity index (χ1) is 18.8. The second kappa shape index (κ2) is 13.0. The molecule has 0 saturated heterocycles. The smallest absolute Gasteiger partial charge is 0.258 e. The van der Waals surface area contributed by atoms with E-state index in [0.717, 1.165) is 29.7 Å². The van der Waals surface area contributed by atoms with E-state index in [-0.39, 0.29) is 24.2 Å². The maximum absolute atomic E-state index is 12.9. The maximum Gasteiger partial charge on any atom is 0.258 e. The van der Waals surface area contributed by atoms with Crippen molar-refractivity contribution >= 4 is 5.91 Å². The number of carbonyl (C=O) groups is 1. The Kier molecular flexibility index (Phi) is 9.49. The van der Waals surface area contributed by atoms with Crippen molar-refractivity contribution in [2.24, 2.45) is 0 Å². The predicted octanol–water partition coefficient (Wildman–Crippen LogP) is 4.62. The van der Waals surface area contributed by atoms with Crippen LogP contribution in [-0.2, 0) is 17.6 Å². The minimum absolute atomic E-state index is 0.0226. The van der Waals surface area contributed by atoms with Gasteiger partial charge in [0.25, 0.3) is 5.91 Å². The third-order valence-corrected chi connectivity index (χ3v) is 7.03. The number of hydrogen-bond acceptors (Lipinski definition) is 6. The van der Waals surface area contributed by atoms with Crippen LogP contribution in [-0.4, -0.2) is 49.0 Å². The first kappa shape index (κ1) is 28.5. The van der Waals surface area contributed by atoms with Gasteiger partial charge in [-0.1, -0.05) is 55.5 Å². The van der Waals surface area contributed by atoms with E-state index < -0.39 is 12.1 Å². The summed E-state index contributed by atoms with van der Waals surface area (Å²) in [7, 11) is 1.58. The van der Waals surface area contributed by atoms with E-state index in [9.17, 15) is 9.90 Å². The number of amides is 1. The van der Waals surface area contributed by atoms with E-state index in [1.807, 2.05) is 42.5 Å². The van der Waals surface area contributed by atoms with Crippen LogP contribution in [0.15, 0.2) is 72.8 Å². The molecule has 0 fully saturated rings. The first-order valence-electron chi connectivity index (χ1n) is 13.6. The van der Waals surface area contributed by atoms with Crippen LogP contribution >= 0.6 is 0 Å². The minimum Gasteiger partial charge on any atom is -0.497 e. The van der Waals surface area contributed by atoms with E-state index in [2.05, 4.69) is 43.5 Å². The van der Waals surface area contributed by atoms with Crippen LogP contribution in [0.1, 0.15) is 49.9 Å². The van der Waals surface area contributed by atoms with Gasteiger partial charge in [-0.25, -0.2) is 0 Å². The minimum atomic E-state index is -0.824. The van der Waals surface area contributed by atoms with E-state index in [4.69, 9.17) is 14.2 Å². The van der Waals surface area contributed by atoms with Crippen molar-refractivity contribution in [1.29, 1.82) is 0 Å². The number of hydrogen-bond donors (Lipinski definition) is 3. The molecule has 3 aromatic rings. The number of nitrogens with one attached hydrogen (secondary N) is 2. The van der Waals surface area contributed by atoms with Crippen LogP contribution in [0.4, 0.5) is 0 Å². The lowest BCUT2D eigenvalue weighted by molar-refractivity contribution is -0.124. The zero-order valence-electron chi connectivity index (χ0n) is 23.3. The van der Waals surface area contributed by atoms with Crippen molar-refractivity contribution in [1.82, 2.24) is 10.6 Å². The predicted molar refractivity (Wildman–Crippen MR) is 152 cm³/mol. The Morgan fingerprint density at radius 1 is 1.05 bits per heavy atom. The van der Waals surface area contributed by atoms with Gasteiger partial charge in [0, 0.05) is 30.6 Å². The van der Waals surface area contributed by atoms with Gasteiger partial charge in [0.1, 0.15) is 22.8 Å². The zero-order chi connectivity index (χ0) is 27.8. The average molecular weight is 533 g/mol. The molecule has 0 radical (unpaired) electrons. The number of methoxy groups -OCH3 is 1. The molecule has 0 aromatic heterocycles. The summed E-state index contributed by atoms with van der Waals surface area (Å²) >= 11 is 0. The summed E-state index contributed by atoms with van der Waals surface area (Å²) in [5, 5.41) is 17.9. The summed E-state index contributed by atoms with van der Waals surface area (Å²) in [6, 6.07) is 22.8. The first-order valence-corrected chi connectivity index (χ1v) is 13.6. The van der Waals surface area contributed by atoms with E-state index >= 15 is 0 Å². The summed E-state index contributed by atoms with van der Waals surface area (Å²) in [4.78, 5) is 12.9. The Hall–Kier alpha value is -3.55. The monoisotopic (exact) mass is 532 g/mol. The molecule has 1 aliphatic rings. The molecule has 0 aliphatic carbocycles. The van der Waals surface area contributed by atoms with Crippen LogP contribution in [0, 0.1) is 0 Å². The fraction of sp³-hybridized carbons (Fsp3) is 0.406. The number of fused-ring (bicyclic) bond motifs is 1. The second-order valence-corrected chi connectivity index (χ2v) is 10.7. The van der Waals surface area contributed by atoms with Crippen LogP contribution in [0.3, 0.4) is 0 Å². The number of aliphatic hydroxyl groups is 1. The van der Waals surface area contributed by atoms with Gasteiger partial charge in [0.15, 0.2) is 6.61 Å². The summed E-state index contributed by atoms with van der Waals surface area (Å²) in [5.74, 6) is 1.76. The Balaban J connectivity index is 1.43. The molecule has 0 saturated carbocycles. The van der Waals surface area contributed by atoms with Crippen LogP contribution in [0.5, 0.6) is 17.2 Å². The Labute approximate surface area is 231 Å². The fourth-order valence-electron chi connectivity index (χ4n) is 4.95. The number of aryl methyl sites for hydroxylation is 1. The van der Waals surface area contributed by atoms with Crippen LogP contribution in [0.2, 0.25) is 0 Å². The zero-order valence-corrected chi connectivity index (χ0v) is 23.3. The SMILES string of the molecule is CCc1ccc2c(c1)[C@@H](NC[C@@H](O)[C@H](Cc1ccccc1)NC(=O)COc1cccc(OC)c1)CC(C)(C)O2. The molecule has 7 heteroatoms. The molecule has 1 amide bonds. The van der Waals surface area contributed by atoms with E-state index in [1.54, 1.807) is 25.3 Å². The van der Waals surface area contributed by atoms with Crippen LogP contribution in [0.25, 0.3) is 0 Å². The van der Waals surface area contributed by atoms with E-state index in [0.29, 0.717) is 24.5 Å². The highest BCUT2D eigenvalue weighted by Gasteiger charge is 2.34. The van der Waals surface area contributed by atoms with Gasteiger partial charge in [0.2, 0.25) is 0 Å². The molecular weight excluding hydrogens is 492 g/mol. The fourth-order valence-corrected chi connectivity index (χ4v) is 4.95. The number of carbonyl (C=O) groups excluding carboxylic acids is 1. The Morgan fingerprint density at radius 2 is 1.82 bits per heavy atom. The van der Waals surface area contributed by atoms with E-state index in [1.165, 1.54) is 5.56 Å². The molecule has 0 unspecified atom stereocenters. The maximum atomic E-state index is 12.9. The molecule has 208 valence electrons. The molecule has 39 heavy (non-hydrogen) atoms. The van der Waals surface area contributed by atoms with Crippen molar-refractivity contribution < 1.29 is 24.1 Å². The molecule has 1 aliphatic heterocycles. The van der Waals surface area contributed by atoms with Gasteiger partial charge in [-0.05, 0) is 56.0 Å².